The second-order valence-corrected chi connectivity index (χ2v) is 8.91. The van der Waals surface area contributed by atoms with E-state index in [9.17, 15) is 9.59 Å². The summed E-state index contributed by atoms with van der Waals surface area (Å²) in [5.41, 5.74) is 8.22. The van der Waals surface area contributed by atoms with Gasteiger partial charge in [-0.1, -0.05) is 42.5 Å². The van der Waals surface area contributed by atoms with Gasteiger partial charge < -0.3 is 21.1 Å². The first-order valence-electron chi connectivity index (χ1n) is 9.85. The molecular weight excluding hydrogens is 412 g/mol. The molecule has 4 N–H and O–H groups in total. The molecule has 1 heterocycles. The lowest BCUT2D eigenvalue weighted by molar-refractivity contribution is -0.157. The predicted molar refractivity (Wildman–Crippen MR) is 124 cm³/mol. The van der Waals surface area contributed by atoms with Crippen LogP contribution in [-0.4, -0.2) is 28.6 Å². The molecule has 31 heavy (non-hydrogen) atoms. The highest BCUT2D eigenvalue weighted by Crippen LogP contribution is 2.24. The largest absolute Gasteiger partial charge is 0.458 e. The third-order valence-electron chi connectivity index (χ3n) is 4.24. The van der Waals surface area contributed by atoms with E-state index < -0.39 is 23.6 Å². The quantitative estimate of drug-likeness (QED) is 0.493. The van der Waals surface area contributed by atoms with Crippen molar-refractivity contribution in [3.63, 3.8) is 0 Å². The summed E-state index contributed by atoms with van der Waals surface area (Å²) in [5, 5.41) is 7.87. The molecule has 0 unspecified atom stereocenters. The fraction of sp³-hybridized carbons (Fsp3) is 0.261. The van der Waals surface area contributed by atoms with Crippen molar-refractivity contribution in [3.8, 4) is 11.3 Å². The number of urea groups is 1. The van der Waals surface area contributed by atoms with Gasteiger partial charge in [0.2, 0.25) is 0 Å². The first-order chi connectivity index (χ1) is 14.7. The average Bonchev–Trinajstić information content (AvgIpc) is 3.14. The van der Waals surface area contributed by atoms with E-state index in [1.165, 1.54) is 11.3 Å². The van der Waals surface area contributed by atoms with Gasteiger partial charge in [-0.05, 0) is 38.5 Å². The molecule has 0 aliphatic heterocycles. The van der Waals surface area contributed by atoms with Crippen LogP contribution in [0, 0.1) is 0 Å². The molecule has 3 rings (SSSR count). The molecule has 0 saturated carbocycles. The maximum Gasteiger partial charge on any atom is 0.329 e. The molecule has 162 valence electrons. The van der Waals surface area contributed by atoms with Crippen molar-refractivity contribution < 1.29 is 14.3 Å². The van der Waals surface area contributed by atoms with Crippen LogP contribution in [0.1, 0.15) is 26.3 Å². The standard InChI is InChI=1S/C23H26N4O3S/c1-23(2,3)30-20(28)18(13-15-7-5-4-6-8-15)27-22(29)25-17-11-9-16(10-12-17)19-14-31-21(24)26-19/h4-12,14,18H,13H2,1-3H3,(H2,24,26)(H2,25,27,29)/t18-/m0/s1. The number of aromatic nitrogens is 1. The van der Waals surface area contributed by atoms with E-state index in [4.69, 9.17) is 10.5 Å². The summed E-state index contributed by atoms with van der Waals surface area (Å²) in [7, 11) is 0. The molecule has 2 aromatic carbocycles. The number of hydrogen-bond acceptors (Lipinski definition) is 6. The third-order valence-corrected chi connectivity index (χ3v) is 4.91. The monoisotopic (exact) mass is 438 g/mol. The maximum absolute atomic E-state index is 12.7. The van der Waals surface area contributed by atoms with Crippen LogP contribution in [0.3, 0.4) is 0 Å². The number of amides is 2. The Morgan fingerprint density at radius 2 is 1.77 bits per heavy atom. The Balaban J connectivity index is 1.67. The number of nitrogens with zero attached hydrogens (tertiary/aromatic N) is 1. The lowest BCUT2D eigenvalue weighted by atomic mass is 10.1. The van der Waals surface area contributed by atoms with E-state index >= 15 is 0 Å². The second-order valence-electron chi connectivity index (χ2n) is 8.02. The summed E-state index contributed by atoms with van der Waals surface area (Å²) in [6, 6.07) is 15.4. The summed E-state index contributed by atoms with van der Waals surface area (Å²) < 4.78 is 5.49. The zero-order chi connectivity index (χ0) is 22.4. The van der Waals surface area contributed by atoms with Crippen LogP contribution in [0.15, 0.2) is 60.0 Å². The summed E-state index contributed by atoms with van der Waals surface area (Å²) in [6.07, 6.45) is 0.327. The number of nitrogens with one attached hydrogen (secondary N) is 2. The third kappa shape index (κ3) is 6.82. The Morgan fingerprint density at radius 1 is 1.10 bits per heavy atom. The SMILES string of the molecule is CC(C)(C)OC(=O)[C@H](Cc1ccccc1)NC(=O)Nc1ccc(-c2csc(N)n2)cc1. The number of thiazole rings is 1. The number of benzene rings is 2. The van der Waals surface area contributed by atoms with Gasteiger partial charge in [-0.2, -0.15) is 0 Å². The van der Waals surface area contributed by atoms with Gasteiger partial charge >= 0.3 is 12.0 Å². The molecule has 0 fully saturated rings. The Hall–Kier alpha value is -3.39. The van der Waals surface area contributed by atoms with Gasteiger partial charge in [-0.15, -0.1) is 11.3 Å². The van der Waals surface area contributed by atoms with Crippen molar-refractivity contribution in [2.45, 2.75) is 38.8 Å². The van der Waals surface area contributed by atoms with Gasteiger partial charge in [0.15, 0.2) is 5.13 Å². The van der Waals surface area contributed by atoms with Crippen molar-refractivity contribution in [2.75, 3.05) is 11.1 Å². The summed E-state index contributed by atoms with van der Waals surface area (Å²) in [4.78, 5) is 29.5. The number of esters is 1. The predicted octanol–water partition coefficient (Wildman–Crippen LogP) is 4.47. The number of hydrogen-bond donors (Lipinski definition) is 3. The van der Waals surface area contributed by atoms with Crippen molar-refractivity contribution in [1.29, 1.82) is 0 Å². The zero-order valence-electron chi connectivity index (χ0n) is 17.7. The van der Waals surface area contributed by atoms with Crippen LogP contribution in [0.2, 0.25) is 0 Å². The highest BCUT2D eigenvalue weighted by Gasteiger charge is 2.27. The highest BCUT2D eigenvalue weighted by molar-refractivity contribution is 7.13. The van der Waals surface area contributed by atoms with E-state index in [0.29, 0.717) is 17.2 Å². The summed E-state index contributed by atoms with van der Waals surface area (Å²) >= 11 is 1.37. The number of rotatable bonds is 6. The molecule has 0 aliphatic carbocycles. The van der Waals surface area contributed by atoms with E-state index in [1.54, 1.807) is 32.9 Å². The smallest absolute Gasteiger partial charge is 0.329 e. The fourth-order valence-electron chi connectivity index (χ4n) is 2.89. The number of nitrogens with two attached hydrogens (primary N) is 1. The first kappa shape index (κ1) is 22.3. The molecule has 0 radical (unpaired) electrons. The van der Waals surface area contributed by atoms with E-state index in [-0.39, 0.29) is 0 Å². The minimum absolute atomic E-state index is 0.327. The first-order valence-corrected chi connectivity index (χ1v) is 10.7. The van der Waals surface area contributed by atoms with Crippen LogP contribution < -0.4 is 16.4 Å². The number of anilines is 2. The molecule has 3 aromatic rings. The minimum atomic E-state index is -0.820. The van der Waals surface area contributed by atoms with Gasteiger partial charge in [0.1, 0.15) is 11.6 Å². The van der Waals surface area contributed by atoms with E-state index in [0.717, 1.165) is 16.8 Å². The Kier molecular flexibility index (Phi) is 6.91. The van der Waals surface area contributed by atoms with Crippen molar-refractivity contribution in [1.82, 2.24) is 10.3 Å². The Bertz CT molecular complexity index is 1030. The molecule has 0 spiro atoms. The van der Waals surface area contributed by atoms with Crippen LogP contribution in [-0.2, 0) is 16.0 Å². The van der Waals surface area contributed by atoms with Gasteiger partial charge in [-0.3, -0.25) is 0 Å². The van der Waals surface area contributed by atoms with Crippen molar-refractivity contribution in [3.05, 3.63) is 65.5 Å². The molecule has 1 atom stereocenters. The lowest BCUT2D eigenvalue weighted by Gasteiger charge is -2.24. The van der Waals surface area contributed by atoms with Crippen LogP contribution in [0.4, 0.5) is 15.6 Å². The van der Waals surface area contributed by atoms with Gasteiger partial charge in [0.25, 0.3) is 0 Å². The minimum Gasteiger partial charge on any atom is -0.458 e. The van der Waals surface area contributed by atoms with Crippen molar-refractivity contribution in [2.24, 2.45) is 0 Å². The molecule has 0 bridgehead atoms. The van der Waals surface area contributed by atoms with Gasteiger partial charge in [0.05, 0.1) is 5.69 Å². The van der Waals surface area contributed by atoms with Gasteiger partial charge in [0, 0.05) is 23.1 Å². The lowest BCUT2D eigenvalue weighted by Crippen LogP contribution is -2.47. The number of nitrogen functional groups attached to an aromatic ring is 1. The van der Waals surface area contributed by atoms with E-state index in [1.807, 2.05) is 47.8 Å². The molecule has 8 heteroatoms. The Morgan fingerprint density at radius 3 is 2.35 bits per heavy atom. The maximum atomic E-state index is 12.7. The van der Waals surface area contributed by atoms with Gasteiger partial charge in [-0.25, -0.2) is 14.6 Å². The average molecular weight is 439 g/mol. The normalized spacial score (nSPS) is 12.1. The second kappa shape index (κ2) is 9.61. The molecule has 1 aromatic heterocycles. The van der Waals surface area contributed by atoms with Crippen LogP contribution in [0.25, 0.3) is 11.3 Å². The molecule has 7 nitrogen and oxygen atoms in total. The van der Waals surface area contributed by atoms with E-state index in [2.05, 4.69) is 15.6 Å². The summed E-state index contributed by atoms with van der Waals surface area (Å²) in [5.74, 6) is -0.483. The molecular formula is C23H26N4O3S. The van der Waals surface area contributed by atoms with Crippen molar-refractivity contribution >= 4 is 34.2 Å². The van der Waals surface area contributed by atoms with Crippen LogP contribution >= 0.6 is 11.3 Å². The zero-order valence-corrected chi connectivity index (χ0v) is 18.5. The number of carbonyl (C=O) groups excluding carboxylic acids is 2. The molecule has 0 aliphatic rings. The fourth-order valence-corrected chi connectivity index (χ4v) is 3.46. The highest BCUT2D eigenvalue weighted by atomic mass is 32.1. The van der Waals surface area contributed by atoms with Crippen LogP contribution in [0.5, 0.6) is 0 Å². The Labute approximate surface area is 185 Å². The summed E-state index contributed by atoms with van der Waals surface area (Å²) in [6.45, 7) is 5.38. The molecule has 2 amide bonds. The number of ether oxygens (including phenoxy) is 1. The topological polar surface area (TPSA) is 106 Å². The molecule has 0 saturated heterocycles. The number of carbonyl (C=O) groups is 2.